The van der Waals surface area contributed by atoms with E-state index in [-0.39, 0.29) is 11.4 Å². The van der Waals surface area contributed by atoms with Gasteiger partial charge in [-0.2, -0.15) is 4.31 Å². The minimum atomic E-state index is -3.63. The van der Waals surface area contributed by atoms with Gasteiger partial charge in [-0.1, -0.05) is 6.92 Å². The summed E-state index contributed by atoms with van der Waals surface area (Å²) in [4.78, 5) is 8.05. The van der Waals surface area contributed by atoms with Crippen molar-refractivity contribution in [3.63, 3.8) is 0 Å². The number of anilines is 1. The van der Waals surface area contributed by atoms with E-state index in [1.807, 2.05) is 6.92 Å². The van der Waals surface area contributed by atoms with Crippen LogP contribution in [0.5, 0.6) is 0 Å². The maximum Gasteiger partial charge on any atom is 0.246 e. The van der Waals surface area contributed by atoms with Gasteiger partial charge in [0.1, 0.15) is 4.90 Å². The molecule has 1 saturated heterocycles. The van der Waals surface area contributed by atoms with E-state index in [0.29, 0.717) is 18.9 Å². The van der Waals surface area contributed by atoms with Gasteiger partial charge >= 0.3 is 0 Å². The van der Waals surface area contributed by atoms with Crippen LogP contribution in [0.15, 0.2) is 17.3 Å². The summed E-state index contributed by atoms with van der Waals surface area (Å²) in [7, 11) is -3.63. The van der Waals surface area contributed by atoms with Crippen LogP contribution < -0.4 is 5.32 Å². The Morgan fingerprint density at radius 2 is 2.10 bits per heavy atom. The number of aliphatic hydroxyl groups is 1. The minimum Gasteiger partial charge on any atom is -0.389 e. The SMILES string of the molecule is CCCNc1ncc(S(=O)(=O)N2CCC(C)(O)C2)cn1. The zero-order chi connectivity index (χ0) is 14.8. The molecule has 7 nitrogen and oxygen atoms in total. The Balaban J connectivity index is 2.14. The lowest BCUT2D eigenvalue weighted by atomic mass is 10.1. The van der Waals surface area contributed by atoms with Gasteiger partial charge in [0.15, 0.2) is 0 Å². The number of β-amino-alcohol motifs (C(OH)–C–C–N with tert-alkyl or cyclic N) is 1. The summed E-state index contributed by atoms with van der Waals surface area (Å²) in [6.07, 6.45) is 3.97. The lowest BCUT2D eigenvalue weighted by Crippen LogP contribution is -2.34. The van der Waals surface area contributed by atoms with Crippen molar-refractivity contribution in [2.45, 2.75) is 37.2 Å². The van der Waals surface area contributed by atoms with E-state index in [9.17, 15) is 13.5 Å². The Morgan fingerprint density at radius 3 is 2.60 bits per heavy atom. The molecule has 1 atom stereocenters. The van der Waals surface area contributed by atoms with Gasteiger partial charge in [-0.15, -0.1) is 0 Å². The van der Waals surface area contributed by atoms with Crippen LogP contribution in [0.25, 0.3) is 0 Å². The van der Waals surface area contributed by atoms with Crippen molar-refractivity contribution in [3.8, 4) is 0 Å². The molecule has 1 aliphatic heterocycles. The zero-order valence-corrected chi connectivity index (χ0v) is 12.5. The van der Waals surface area contributed by atoms with Gasteiger partial charge in [-0.3, -0.25) is 0 Å². The molecule has 112 valence electrons. The summed E-state index contributed by atoms with van der Waals surface area (Å²) in [5.41, 5.74) is -0.962. The predicted molar refractivity (Wildman–Crippen MR) is 74.8 cm³/mol. The molecule has 0 aromatic carbocycles. The molecule has 8 heteroatoms. The molecular weight excluding hydrogens is 280 g/mol. The number of rotatable bonds is 5. The van der Waals surface area contributed by atoms with E-state index in [1.54, 1.807) is 6.92 Å². The third-order valence-electron chi connectivity index (χ3n) is 3.22. The molecule has 0 spiro atoms. The Kier molecular flexibility index (Phi) is 4.26. The quantitative estimate of drug-likeness (QED) is 0.819. The fraction of sp³-hybridized carbons (Fsp3) is 0.667. The average Bonchev–Trinajstić information content (AvgIpc) is 2.78. The topological polar surface area (TPSA) is 95.4 Å². The molecule has 0 radical (unpaired) electrons. The van der Waals surface area contributed by atoms with Gasteiger partial charge in [0, 0.05) is 19.6 Å². The summed E-state index contributed by atoms with van der Waals surface area (Å²) in [5, 5.41) is 12.9. The first-order valence-electron chi connectivity index (χ1n) is 6.63. The number of hydrogen-bond donors (Lipinski definition) is 2. The summed E-state index contributed by atoms with van der Waals surface area (Å²) < 4.78 is 26.0. The van der Waals surface area contributed by atoms with Crippen molar-refractivity contribution in [1.82, 2.24) is 14.3 Å². The monoisotopic (exact) mass is 300 g/mol. The number of hydrogen-bond acceptors (Lipinski definition) is 6. The molecule has 0 saturated carbocycles. The van der Waals surface area contributed by atoms with Crippen molar-refractivity contribution in [2.75, 3.05) is 25.0 Å². The van der Waals surface area contributed by atoms with Crippen LogP contribution >= 0.6 is 0 Å². The van der Waals surface area contributed by atoms with Crippen LogP contribution in [0.2, 0.25) is 0 Å². The first-order chi connectivity index (χ1) is 9.35. The highest BCUT2D eigenvalue weighted by molar-refractivity contribution is 7.89. The highest BCUT2D eigenvalue weighted by atomic mass is 32.2. The summed E-state index contributed by atoms with van der Waals surface area (Å²) in [5.74, 6) is 0.416. The third-order valence-corrected chi connectivity index (χ3v) is 5.01. The normalized spacial score (nSPS) is 23.9. The smallest absolute Gasteiger partial charge is 0.246 e. The second kappa shape index (κ2) is 5.63. The van der Waals surface area contributed by atoms with Crippen molar-refractivity contribution < 1.29 is 13.5 Å². The maximum atomic E-state index is 12.4. The van der Waals surface area contributed by atoms with Crippen molar-refractivity contribution in [1.29, 1.82) is 0 Å². The number of nitrogens with zero attached hydrogens (tertiary/aromatic N) is 3. The van der Waals surface area contributed by atoms with Crippen molar-refractivity contribution in [2.24, 2.45) is 0 Å². The summed E-state index contributed by atoms with van der Waals surface area (Å²) in [6.45, 7) is 4.80. The molecule has 0 amide bonds. The van der Waals surface area contributed by atoms with E-state index >= 15 is 0 Å². The fourth-order valence-electron chi connectivity index (χ4n) is 2.04. The van der Waals surface area contributed by atoms with Gasteiger partial charge in [0.25, 0.3) is 0 Å². The molecule has 20 heavy (non-hydrogen) atoms. The molecule has 2 heterocycles. The highest BCUT2D eigenvalue weighted by Crippen LogP contribution is 2.26. The van der Waals surface area contributed by atoms with E-state index < -0.39 is 15.6 Å². The summed E-state index contributed by atoms with van der Waals surface area (Å²) in [6, 6.07) is 0. The largest absolute Gasteiger partial charge is 0.389 e. The van der Waals surface area contributed by atoms with Crippen LogP contribution in [0.3, 0.4) is 0 Å². The molecule has 1 aliphatic rings. The molecule has 2 N–H and O–H groups in total. The number of nitrogens with one attached hydrogen (secondary N) is 1. The van der Waals surface area contributed by atoms with E-state index in [4.69, 9.17) is 0 Å². The first-order valence-corrected chi connectivity index (χ1v) is 8.07. The molecule has 0 aliphatic carbocycles. The van der Waals surface area contributed by atoms with E-state index in [2.05, 4.69) is 15.3 Å². The molecular formula is C12H20N4O3S. The van der Waals surface area contributed by atoms with Gasteiger partial charge in [0.2, 0.25) is 16.0 Å². The molecule has 1 aromatic heterocycles. The second-order valence-electron chi connectivity index (χ2n) is 5.25. The van der Waals surface area contributed by atoms with Crippen molar-refractivity contribution >= 4 is 16.0 Å². The van der Waals surface area contributed by atoms with Crippen LogP contribution in [0.4, 0.5) is 5.95 Å². The van der Waals surface area contributed by atoms with Crippen LogP contribution in [-0.4, -0.2) is 53.0 Å². The third kappa shape index (κ3) is 3.25. The molecule has 1 fully saturated rings. The lowest BCUT2D eigenvalue weighted by molar-refractivity contribution is 0.0762. The Labute approximate surface area is 119 Å². The minimum absolute atomic E-state index is 0.0530. The van der Waals surface area contributed by atoms with Gasteiger partial charge in [-0.05, 0) is 19.8 Å². The predicted octanol–water partition coefficient (Wildman–Crippen LogP) is 0.444. The van der Waals surface area contributed by atoms with Gasteiger partial charge < -0.3 is 10.4 Å². The fourth-order valence-corrected chi connectivity index (χ4v) is 3.49. The number of aromatic nitrogens is 2. The van der Waals surface area contributed by atoms with Crippen LogP contribution in [-0.2, 0) is 10.0 Å². The summed E-state index contributed by atoms with van der Waals surface area (Å²) >= 11 is 0. The molecule has 2 rings (SSSR count). The van der Waals surface area contributed by atoms with Gasteiger partial charge in [-0.25, -0.2) is 18.4 Å². The first kappa shape index (κ1) is 15.1. The zero-order valence-electron chi connectivity index (χ0n) is 11.7. The molecule has 0 bridgehead atoms. The maximum absolute atomic E-state index is 12.4. The Bertz CT molecular complexity index is 557. The van der Waals surface area contributed by atoms with Gasteiger partial charge in [0.05, 0.1) is 18.0 Å². The average molecular weight is 300 g/mol. The highest BCUT2D eigenvalue weighted by Gasteiger charge is 2.38. The van der Waals surface area contributed by atoms with Crippen molar-refractivity contribution in [3.05, 3.63) is 12.4 Å². The number of sulfonamides is 1. The van der Waals surface area contributed by atoms with Crippen LogP contribution in [0, 0.1) is 0 Å². The molecule has 1 aromatic rings. The standard InChI is InChI=1S/C12H20N4O3S/c1-3-5-13-11-14-7-10(8-15-11)20(18,19)16-6-4-12(2,17)9-16/h7-8,17H,3-6,9H2,1-2H3,(H,13,14,15). The second-order valence-corrected chi connectivity index (χ2v) is 7.19. The lowest BCUT2D eigenvalue weighted by Gasteiger charge is -2.18. The van der Waals surface area contributed by atoms with E-state index in [1.165, 1.54) is 16.7 Å². The Hall–Kier alpha value is -1.25. The van der Waals surface area contributed by atoms with Crippen LogP contribution in [0.1, 0.15) is 26.7 Å². The Morgan fingerprint density at radius 1 is 1.45 bits per heavy atom. The molecule has 1 unspecified atom stereocenters. The van der Waals surface area contributed by atoms with E-state index in [0.717, 1.165) is 13.0 Å².